The maximum absolute atomic E-state index is 12.4. The molecule has 0 fully saturated rings. The predicted molar refractivity (Wildman–Crippen MR) is 94.9 cm³/mol. The zero-order chi connectivity index (χ0) is 19.4. The van der Waals surface area contributed by atoms with E-state index in [2.05, 4.69) is 15.0 Å². The third-order valence-corrected chi connectivity index (χ3v) is 3.76. The molecule has 27 heavy (non-hydrogen) atoms. The highest BCUT2D eigenvalue weighted by molar-refractivity contribution is 5.99. The second kappa shape index (κ2) is 7.86. The Morgan fingerprint density at radius 3 is 2.52 bits per heavy atom. The van der Waals surface area contributed by atoms with E-state index in [0.717, 1.165) is 10.9 Å². The number of anilines is 1. The molecule has 1 heterocycles. The first-order valence-corrected chi connectivity index (χ1v) is 8.07. The minimum absolute atomic E-state index is 0.0521. The standard InChI is InChI=1S/C19H16F2N2O4/c1-11(17(24)23-14-8-4-5-9-16(14)27-19(20)21)26-18(25)15-10-12-6-2-3-7-13(12)22-15/h2-11,19,22H,1H3,(H,23,24)/t11-/m1/s1. The van der Waals surface area contributed by atoms with Gasteiger partial charge < -0.3 is 19.8 Å². The van der Waals surface area contributed by atoms with Gasteiger partial charge in [0.05, 0.1) is 5.69 Å². The normalized spacial score (nSPS) is 12.0. The predicted octanol–water partition coefficient (Wildman–Crippen LogP) is 3.95. The number of aromatic amines is 1. The molecule has 1 aromatic heterocycles. The average Bonchev–Trinajstić information content (AvgIpc) is 3.07. The molecule has 6 nitrogen and oxygen atoms in total. The first kappa shape index (κ1) is 18.4. The highest BCUT2D eigenvalue weighted by atomic mass is 19.3. The molecule has 0 radical (unpaired) electrons. The molecule has 3 rings (SSSR count). The van der Waals surface area contributed by atoms with Crippen LogP contribution in [0.15, 0.2) is 54.6 Å². The van der Waals surface area contributed by atoms with Crippen molar-refractivity contribution in [3.05, 3.63) is 60.3 Å². The number of carbonyl (C=O) groups excluding carboxylic acids is 2. The van der Waals surface area contributed by atoms with Crippen molar-refractivity contribution >= 4 is 28.5 Å². The third-order valence-electron chi connectivity index (χ3n) is 3.76. The lowest BCUT2D eigenvalue weighted by Gasteiger charge is -2.15. The van der Waals surface area contributed by atoms with Crippen LogP contribution in [0.4, 0.5) is 14.5 Å². The number of carbonyl (C=O) groups is 2. The molecule has 1 atom stereocenters. The average molecular weight is 374 g/mol. The summed E-state index contributed by atoms with van der Waals surface area (Å²) in [6.07, 6.45) is -1.15. The summed E-state index contributed by atoms with van der Waals surface area (Å²) in [4.78, 5) is 27.4. The summed E-state index contributed by atoms with van der Waals surface area (Å²) >= 11 is 0. The van der Waals surface area contributed by atoms with Gasteiger partial charge in [0.2, 0.25) is 0 Å². The maximum Gasteiger partial charge on any atom is 0.387 e. The van der Waals surface area contributed by atoms with Crippen LogP contribution < -0.4 is 10.1 Å². The summed E-state index contributed by atoms with van der Waals surface area (Å²) in [6, 6.07) is 14.7. The van der Waals surface area contributed by atoms with Crippen molar-refractivity contribution in [3.8, 4) is 5.75 Å². The second-order valence-corrected chi connectivity index (χ2v) is 5.68. The summed E-state index contributed by atoms with van der Waals surface area (Å²) in [7, 11) is 0. The summed E-state index contributed by atoms with van der Waals surface area (Å²) < 4.78 is 34.4. The van der Waals surface area contributed by atoms with Gasteiger partial charge in [-0.2, -0.15) is 8.78 Å². The Labute approximate surface area is 153 Å². The first-order valence-electron chi connectivity index (χ1n) is 8.07. The number of rotatable bonds is 6. The van der Waals surface area contributed by atoms with E-state index in [0.29, 0.717) is 0 Å². The minimum atomic E-state index is -3.03. The fraction of sp³-hybridized carbons (Fsp3) is 0.158. The highest BCUT2D eigenvalue weighted by Gasteiger charge is 2.21. The number of amides is 1. The summed E-state index contributed by atoms with van der Waals surface area (Å²) in [5, 5.41) is 3.25. The van der Waals surface area contributed by atoms with E-state index in [9.17, 15) is 18.4 Å². The van der Waals surface area contributed by atoms with E-state index in [1.165, 1.54) is 25.1 Å². The van der Waals surface area contributed by atoms with E-state index < -0.39 is 24.6 Å². The van der Waals surface area contributed by atoms with Crippen LogP contribution in [-0.4, -0.2) is 29.6 Å². The smallest absolute Gasteiger partial charge is 0.387 e. The van der Waals surface area contributed by atoms with Crippen LogP contribution in [0.5, 0.6) is 5.75 Å². The number of halogens is 2. The number of alkyl halides is 2. The highest BCUT2D eigenvalue weighted by Crippen LogP contribution is 2.25. The van der Waals surface area contributed by atoms with Crippen molar-refractivity contribution in [2.75, 3.05) is 5.32 Å². The van der Waals surface area contributed by atoms with Crippen molar-refractivity contribution in [2.45, 2.75) is 19.6 Å². The molecule has 1 amide bonds. The van der Waals surface area contributed by atoms with Crippen molar-refractivity contribution in [1.82, 2.24) is 4.98 Å². The number of ether oxygens (including phenoxy) is 2. The Morgan fingerprint density at radius 2 is 1.78 bits per heavy atom. The number of fused-ring (bicyclic) bond motifs is 1. The zero-order valence-corrected chi connectivity index (χ0v) is 14.2. The molecule has 140 valence electrons. The molecule has 0 aliphatic rings. The van der Waals surface area contributed by atoms with Gasteiger partial charge in [-0.1, -0.05) is 30.3 Å². The molecule has 8 heteroatoms. The molecule has 0 saturated heterocycles. The van der Waals surface area contributed by atoms with Crippen LogP contribution in [0.2, 0.25) is 0 Å². The number of para-hydroxylation sites is 3. The van der Waals surface area contributed by atoms with Gasteiger partial charge in [-0.25, -0.2) is 4.79 Å². The van der Waals surface area contributed by atoms with Crippen molar-refractivity contribution in [2.24, 2.45) is 0 Å². The number of hydrogen-bond donors (Lipinski definition) is 2. The molecule has 0 bridgehead atoms. The summed E-state index contributed by atoms with van der Waals surface area (Å²) in [5.74, 6) is -1.56. The van der Waals surface area contributed by atoms with Gasteiger partial charge in [-0.05, 0) is 31.2 Å². The van der Waals surface area contributed by atoms with Crippen LogP contribution >= 0.6 is 0 Å². The number of esters is 1. The van der Waals surface area contributed by atoms with Crippen LogP contribution in [0.1, 0.15) is 17.4 Å². The quantitative estimate of drug-likeness (QED) is 0.640. The van der Waals surface area contributed by atoms with Gasteiger partial charge in [-0.15, -0.1) is 0 Å². The summed E-state index contributed by atoms with van der Waals surface area (Å²) in [6.45, 7) is -1.65. The van der Waals surface area contributed by atoms with Crippen molar-refractivity contribution in [1.29, 1.82) is 0 Å². The van der Waals surface area contributed by atoms with Crippen molar-refractivity contribution < 1.29 is 27.8 Å². The van der Waals surface area contributed by atoms with E-state index in [1.54, 1.807) is 12.1 Å². The second-order valence-electron chi connectivity index (χ2n) is 5.68. The molecule has 0 spiro atoms. The molecule has 0 unspecified atom stereocenters. The van der Waals surface area contributed by atoms with Gasteiger partial charge in [0.25, 0.3) is 5.91 Å². The molecular weight excluding hydrogens is 358 g/mol. The molecule has 0 aliphatic carbocycles. The van der Waals surface area contributed by atoms with Gasteiger partial charge >= 0.3 is 12.6 Å². The largest absolute Gasteiger partial charge is 0.448 e. The lowest BCUT2D eigenvalue weighted by atomic mass is 10.2. The number of H-pyrrole nitrogens is 1. The fourth-order valence-electron chi connectivity index (χ4n) is 2.46. The van der Waals surface area contributed by atoms with Crippen molar-refractivity contribution in [3.63, 3.8) is 0 Å². The van der Waals surface area contributed by atoms with E-state index in [4.69, 9.17) is 4.74 Å². The van der Waals surface area contributed by atoms with Crippen LogP contribution in [0.3, 0.4) is 0 Å². The van der Waals surface area contributed by atoms with E-state index in [-0.39, 0.29) is 17.1 Å². The number of benzene rings is 2. The third kappa shape index (κ3) is 4.41. The Morgan fingerprint density at radius 1 is 1.07 bits per heavy atom. The molecule has 0 saturated carbocycles. The molecule has 2 aromatic carbocycles. The molecule has 2 N–H and O–H groups in total. The van der Waals surface area contributed by atoms with Gasteiger partial charge in [-0.3, -0.25) is 4.79 Å². The first-order chi connectivity index (χ1) is 12.9. The van der Waals surface area contributed by atoms with Gasteiger partial charge in [0.15, 0.2) is 6.10 Å². The lowest BCUT2D eigenvalue weighted by molar-refractivity contribution is -0.123. The maximum atomic E-state index is 12.4. The lowest BCUT2D eigenvalue weighted by Crippen LogP contribution is -2.30. The fourth-order valence-corrected chi connectivity index (χ4v) is 2.46. The Bertz CT molecular complexity index is 938. The molecular formula is C19H16F2N2O4. The van der Waals surface area contributed by atoms with E-state index in [1.807, 2.05) is 24.3 Å². The van der Waals surface area contributed by atoms with Crippen LogP contribution in [0, 0.1) is 0 Å². The monoisotopic (exact) mass is 374 g/mol. The molecule has 3 aromatic rings. The molecule has 0 aliphatic heterocycles. The van der Waals surface area contributed by atoms with E-state index >= 15 is 0 Å². The number of aromatic nitrogens is 1. The minimum Gasteiger partial charge on any atom is -0.448 e. The zero-order valence-electron chi connectivity index (χ0n) is 14.2. The van der Waals surface area contributed by atoms with Gasteiger partial charge in [0, 0.05) is 10.9 Å². The summed E-state index contributed by atoms with van der Waals surface area (Å²) in [5.41, 5.74) is 1.02. The Hall–Kier alpha value is -3.42. The number of hydrogen-bond acceptors (Lipinski definition) is 4. The SMILES string of the molecule is C[C@@H](OC(=O)c1cc2ccccc2[nH]1)C(=O)Nc1ccccc1OC(F)F. The van der Waals surface area contributed by atoms with Gasteiger partial charge in [0.1, 0.15) is 11.4 Å². The topological polar surface area (TPSA) is 80.4 Å². The number of nitrogens with one attached hydrogen (secondary N) is 2. The Balaban J connectivity index is 1.66. The Kier molecular flexibility index (Phi) is 5.35. The van der Waals surface area contributed by atoms with Crippen LogP contribution in [-0.2, 0) is 9.53 Å². The van der Waals surface area contributed by atoms with Crippen LogP contribution in [0.25, 0.3) is 10.9 Å².